The Morgan fingerprint density at radius 3 is 2.45 bits per heavy atom. The average Bonchev–Trinajstić information content (AvgIpc) is 2.73. The van der Waals surface area contributed by atoms with Crippen molar-refractivity contribution >= 4 is 33.6 Å². The summed E-state index contributed by atoms with van der Waals surface area (Å²) < 4.78 is 34.7. The van der Waals surface area contributed by atoms with Crippen LogP contribution < -0.4 is 5.32 Å². The van der Waals surface area contributed by atoms with E-state index in [0.717, 1.165) is 16.3 Å². The van der Waals surface area contributed by atoms with Crippen LogP contribution in [0.15, 0.2) is 41.8 Å². The van der Waals surface area contributed by atoms with Crippen LogP contribution in [0.3, 0.4) is 0 Å². The predicted octanol–water partition coefficient (Wildman–Crippen LogP) is 1.87. The minimum atomic E-state index is -3.52. The Balaban J connectivity index is 1.51. The third-order valence-corrected chi connectivity index (χ3v) is 8.29. The number of morpholine rings is 1. The molecule has 2 heterocycles. The van der Waals surface area contributed by atoms with Gasteiger partial charge in [0.25, 0.3) is 10.2 Å². The molecule has 0 aliphatic carbocycles. The van der Waals surface area contributed by atoms with E-state index in [-0.39, 0.29) is 24.7 Å². The molecule has 2 saturated heterocycles. The molecule has 0 unspecified atom stereocenters. The SMILES string of the molecule is C=CCSc1ccccc1NC(=O)CN1CCN(S(=O)(=O)N2C[C@@H](C)O[C@H](C)C2)CC1. The lowest BCUT2D eigenvalue weighted by Gasteiger charge is -2.40. The van der Waals surface area contributed by atoms with Gasteiger partial charge in [-0.05, 0) is 26.0 Å². The highest BCUT2D eigenvalue weighted by molar-refractivity contribution is 7.99. The maximum absolute atomic E-state index is 13.0. The summed E-state index contributed by atoms with van der Waals surface area (Å²) in [7, 11) is -3.52. The molecule has 10 heteroatoms. The van der Waals surface area contributed by atoms with E-state index in [2.05, 4.69) is 11.9 Å². The van der Waals surface area contributed by atoms with Crippen molar-refractivity contribution < 1.29 is 17.9 Å². The molecular formula is C21H32N4O4S2. The summed E-state index contributed by atoms with van der Waals surface area (Å²) >= 11 is 1.62. The van der Waals surface area contributed by atoms with E-state index in [4.69, 9.17) is 4.74 Å². The van der Waals surface area contributed by atoms with Crippen molar-refractivity contribution in [2.75, 3.05) is 56.9 Å². The fourth-order valence-corrected chi connectivity index (χ4v) is 6.33. The standard InChI is InChI=1S/C21H32N4O4S2/c1-4-13-30-20-8-6-5-7-19(20)22-21(26)16-23-9-11-24(12-10-23)31(27,28)25-14-17(2)29-18(3)15-25/h4-8,17-18H,1,9-16H2,2-3H3,(H,22,26)/t17-,18-/m1/s1. The Kier molecular flexibility index (Phi) is 8.54. The Morgan fingerprint density at radius 2 is 1.81 bits per heavy atom. The minimum Gasteiger partial charge on any atom is -0.373 e. The highest BCUT2D eigenvalue weighted by atomic mass is 32.2. The van der Waals surface area contributed by atoms with Crippen molar-refractivity contribution in [3.63, 3.8) is 0 Å². The molecule has 0 bridgehead atoms. The minimum absolute atomic E-state index is 0.0983. The van der Waals surface area contributed by atoms with Gasteiger partial charge < -0.3 is 10.1 Å². The first-order valence-corrected chi connectivity index (χ1v) is 12.9. The molecule has 8 nitrogen and oxygen atoms in total. The molecule has 2 atom stereocenters. The van der Waals surface area contributed by atoms with Gasteiger partial charge >= 0.3 is 0 Å². The van der Waals surface area contributed by atoms with E-state index < -0.39 is 10.2 Å². The van der Waals surface area contributed by atoms with Crippen LogP contribution in [0.1, 0.15) is 13.8 Å². The van der Waals surface area contributed by atoms with E-state index in [0.29, 0.717) is 39.3 Å². The van der Waals surface area contributed by atoms with Crippen LogP contribution in [-0.2, 0) is 19.7 Å². The summed E-state index contributed by atoms with van der Waals surface area (Å²) in [6.45, 7) is 10.3. The molecule has 1 aromatic carbocycles. The van der Waals surface area contributed by atoms with E-state index in [1.807, 2.05) is 49.1 Å². The van der Waals surface area contributed by atoms with Crippen molar-refractivity contribution in [3.05, 3.63) is 36.9 Å². The molecule has 0 aromatic heterocycles. The smallest absolute Gasteiger partial charge is 0.282 e. The van der Waals surface area contributed by atoms with Crippen LogP contribution in [0, 0.1) is 0 Å². The summed E-state index contributed by atoms with van der Waals surface area (Å²) in [5.74, 6) is 0.670. The van der Waals surface area contributed by atoms with Crippen LogP contribution >= 0.6 is 11.8 Å². The molecule has 2 fully saturated rings. The summed E-state index contributed by atoms with van der Waals surface area (Å²) in [5.41, 5.74) is 0.788. The first kappa shape index (κ1) is 24.2. The lowest BCUT2D eigenvalue weighted by Crippen LogP contribution is -2.57. The first-order chi connectivity index (χ1) is 14.8. The number of rotatable bonds is 8. The van der Waals surface area contributed by atoms with E-state index >= 15 is 0 Å². The lowest BCUT2D eigenvalue weighted by molar-refractivity contribution is -0.117. The Labute approximate surface area is 189 Å². The van der Waals surface area contributed by atoms with Gasteiger partial charge in [0.1, 0.15) is 0 Å². The number of hydrogen-bond acceptors (Lipinski definition) is 6. The van der Waals surface area contributed by atoms with E-state index in [9.17, 15) is 13.2 Å². The second kappa shape index (κ2) is 10.9. The summed E-state index contributed by atoms with van der Waals surface area (Å²) in [5, 5.41) is 2.98. The van der Waals surface area contributed by atoms with Crippen molar-refractivity contribution in [1.29, 1.82) is 0 Å². The maximum Gasteiger partial charge on any atom is 0.282 e. The fourth-order valence-electron chi connectivity index (χ4n) is 3.84. The molecule has 0 radical (unpaired) electrons. The number of nitrogens with zero attached hydrogens (tertiary/aromatic N) is 3. The first-order valence-electron chi connectivity index (χ1n) is 10.5. The molecule has 172 valence electrons. The van der Waals surface area contributed by atoms with Crippen molar-refractivity contribution in [2.24, 2.45) is 0 Å². The number of carbonyl (C=O) groups excluding carboxylic acids is 1. The van der Waals surface area contributed by atoms with E-state index in [1.165, 1.54) is 8.61 Å². The monoisotopic (exact) mass is 468 g/mol. The Morgan fingerprint density at radius 1 is 1.16 bits per heavy atom. The number of benzene rings is 1. The summed E-state index contributed by atoms with van der Waals surface area (Å²) in [4.78, 5) is 15.6. The van der Waals surface area contributed by atoms with Gasteiger partial charge in [-0.15, -0.1) is 18.3 Å². The molecule has 0 saturated carbocycles. The van der Waals surface area contributed by atoms with Gasteiger partial charge in [0.05, 0.1) is 24.4 Å². The highest BCUT2D eigenvalue weighted by Crippen LogP contribution is 2.27. The third-order valence-electron chi connectivity index (χ3n) is 5.25. The number of para-hydroxylation sites is 1. The topological polar surface area (TPSA) is 82.2 Å². The largest absolute Gasteiger partial charge is 0.373 e. The van der Waals surface area contributed by atoms with Crippen molar-refractivity contribution in [3.8, 4) is 0 Å². The zero-order chi connectivity index (χ0) is 22.4. The molecule has 31 heavy (non-hydrogen) atoms. The van der Waals surface area contributed by atoms with Gasteiger partial charge in [-0.1, -0.05) is 18.2 Å². The number of nitrogens with one attached hydrogen (secondary N) is 1. The summed E-state index contributed by atoms with van der Waals surface area (Å²) in [6.07, 6.45) is 1.60. The number of ether oxygens (including phenoxy) is 1. The molecule has 2 aliphatic rings. The van der Waals surface area contributed by atoms with Crippen LogP contribution in [0.5, 0.6) is 0 Å². The molecule has 1 amide bonds. The van der Waals surface area contributed by atoms with Crippen LogP contribution in [0.2, 0.25) is 0 Å². The van der Waals surface area contributed by atoms with Gasteiger partial charge in [-0.3, -0.25) is 9.69 Å². The van der Waals surface area contributed by atoms with Gasteiger partial charge in [0.15, 0.2) is 0 Å². The molecule has 1 aromatic rings. The number of piperazine rings is 1. The normalized spacial score (nSPS) is 24.1. The molecule has 1 N–H and O–H groups in total. The second-order valence-corrected chi connectivity index (χ2v) is 10.9. The Bertz CT molecular complexity index is 862. The number of hydrogen-bond donors (Lipinski definition) is 1. The zero-order valence-electron chi connectivity index (χ0n) is 18.2. The number of amides is 1. The van der Waals surface area contributed by atoms with Crippen LogP contribution in [0.25, 0.3) is 0 Å². The zero-order valence-corrected chi connectivity index (χ0v) is 19.8. The molecule has 3 rings (SSSR count). The summed E-state index contributed by atoms with van der Waals surface area (Å²) in [6, 6.07) is 7.69. The van der Waals surface area contributed by atoms with Gasteiger partial charge in [-0.25, -0.2) is 0 Å². The number of anilines is 1. The Hall–Kier alpha value is -1.43. The van der Waals surface area contributed by atoms with Gasteiger partial charge in [0, 0.05) is 49.9 Å². The lowest BCUT2D eigenvalue weighted by atomic mass is 10.3. The maximum atomic E-state index is 13.0. The number of thioether (sulfide) groups is 1. The average molecular weight is 469 g/mol. The van der Waals surface area contributed by atoms with Gasteiger partial charge in [-0.2, -0.15) is 17.0 Å². The molecule has 0 spiro atoms. The third kappa shape index (κ3) is 6.53. The van der Waals surface area contributed by atoms with Crippen LogP contribution in [0.4, 0.5) is 5.69 Å². The quantitative estimate of drug-likeness (QED) is 0.463. The second-order valence-electron chi connectivity index (χ2n) is 7.90. The number of carbonyl (C=O) groups is 1. The molecule has 2 aliphatic heterocycles. The fraction of sp³-hybridized carbons (Fsp3) is 0.571. The van der Waals surface area contributed by atoms with Crippen molar-refractivity contribution in [1.82, 2.24) is 13.5 Å². The van der Waals surface area contributed by atoms with E-state index in [1.54, 1.807) is 11.8 Å². The van der Waals surface area contributed by atoms with Crippen LogP contribution in [-0.4, -0.2) is 91.6 Å². The highest BCUT2D eigenvalue weighted by Gasteiger charge is 2.36. The predicted molar refractivity (Wildman–Crippen MR) is 125 cm³/mol. The van der Waals surface area contributed by atoms with Gasteiger partial charge in [0.2, 0.25) is 5.91 Å². The van der Waals surface area contributed by atoms with Crippen molar-refractivity contribution in [2.45, 2.75) is 31.0 Å². The molecular weight excluding hydrogens is 436 g/mol.